The van der Waals surface area contributed by atoms with Crippen molar-refractivity contribution in [1.29, 1.82) is 0 Å². The Morgan fingerprint density at radius 1 is 1.33 bits per heavy atom. The lowest BCUT2D eigenvalue weighted by molar-refractivity contribution is 0.749. The van der Waals surface area contributed by atoms with Gasteiger partial charge in [0.25, 0.3) is 0 Å². The zero-order valence-corrected chi connectivity index (χ0v) is 7.41. The Morgan fingerprint density at radius 2 is 2.08 bits per heavy atom. The fourth-order valence-corrected chi connectivity index (χ4v) is 1.54. The van der Waals surface area contributed by atoms with Gasteiger partial charge in [-0.3, -0.25) is 4.68 Å². The number of nitrogens with zero attached hydrogens (tertiary/aromatic N) is 2. The van der Waals surface area contributed by atoms with Gasteiger partial charge in [0.15, 0.2) is 0 Å². The van der Waals surface area contributed by atoms with Crippen LogP contribution in [0.25, 0.3) is 12.2 Å². The summed E-state index contributed by atoms with van der Waals surface area (Å²) in [4.78, 5) is 0. The molecule has 2 heteroatoms. The van der Waals surface area contributed by atoms with Crippen molar-refractivity contribution in [2.75, 3.05) is 0 Å². The molecule has 1 heterocycles. The first-order chi connectivity index (χ1) is 5.79. The molecule has 1 aromatic rings. The van der Waals surface area contributed by atoms with Crippen LogP contribution in [-0.2, 0) is 7.05 Å². The first-order valence-corrected chi connectivity index (χ1v) is 4.15. The summed E-state index contributed by atoms with van der Waals surface area (Å²) in [7, 11) is 1.98. The number of rotatable bonds is 0. The Morgan fingerprint density at radius 3 is 2.92 bits per heavy atom. The monoisotopic (exact) mass is 160 g/mol. The van der Waals surface area contributed by atoms with E-state index in [-0.39, 0.29) is 0 Å². The molecule has 0 N–H and O–H groups in total. The quantitative estimate of drug-likeness (QED) is 0.568. The SMILES string of the molecule is Cc1nn(C)c2c1C=CCC=C2. The van der Waals surface area contributed by atoms with Crippen molar-refractivity contribution >= 4 is 12.2 Å². The normalized spacial score (nSPS) is 14.5. The van der Waals surface area contributed by atoms with Crippen LogP contribution in [-0.4, -0.2) is 9.78 Å². The largest absolute Gasteiger partial charge is 0.268 e. The first-order valence-electron chi connectivity index (χ1n) is 4.15. The highest BCUT2D eigenvalue weighted by Crippen LogP contribution is 2.19. The Balaban J connectivity index is 2.67. The molecule has 0 fully saturated rings. The van der Waals surface area contributed by atoms with Gasteiger partial charge >= 0.3 is 0 Å². The Hall–Kier alpha value is -1.31. The summed E-state index contributed by atoms with van der Waals surface area (Å²) in [6.07, 6.45) is 9.63. The predicted molar refractivity (Wildman–Crippen MR) is 50.6 cm³/mol. The van der Waals surface area contributed by atoms with Crippen molar-refractivity contribution in [1.82, 2.24) is 9.78 Å². The minimum atomic E-state index is 1.02. The van der Waals surface area contributed by atoms with Gasteiger partial charge in [-0.1, -0.05) is 18.2 Å². The molecule has 0 saturated heterocycles. The first kappa shape index (κ1) is 7.35. The fourth-order valence-electron chi connectivity index (χ4n) is 1.54. The number of fused-ring (bicyclic) bond motifs is 1. The van der Waals surface area contributed by atoms with Gasteiger partial charge in [0, 0.05) is 12.6 Å². The number of aromatic nitrogens is 2. The van der Waals surface area contributed by atoms with E-state index in [2.05, 4.69) is 29.4 Å². The van der Waals surface area contributed by atoms with Crippen LogP contribution in [0.4, 0.5) is 0 Å². The maximum Gasteiger partial charge on any atom is 0.0678 e. The standard InChI is InChI=1S/C10H12N2/c1-8-9-6-4-3-5-7-10(9)12(2)11-8/h4-7H,3H2,1-2H3. The molecule has 0 aliphatic heterocycles. The summed E-state index contributed by atoms with van der Waals surface area (Å²) >= 11 is 0. The third-order valence-electron chi connectivity index (χ3n) is 2.15. The highest BCUT2D eigenvalue weighted by Gasteiger charge is 2.08. The molecule has 0 radical (unpaired) electrons. The molecule has 0 aromatic carbocycles. The van der Waals surface area contributed by atoms with Crippen molar-refractivity contribution in [2.45, 2.75) is 13.3 Å². The van der Waals surface area contributed by atoms with Gasteiger partial charge in [-0.05, 0) is 19.4 Å². The van der Waals surface area contributed by atoms with E-state index in [9.17, 15) is 0 Å². The lowest BCUT2D eigenvalue weighted by atomic mass is 10.2. The molecule has 0 atom stereocenters. The Labute approximate surface area is 72.2 Å². The molecule has 0 saturated carbocycles. The van der Waals surface area contributed by atoms with E-state index in [1.54, 1.807) is 0 Å². The van der Waals surface area contributed by atoms with E-state index in [1.807, 2.05) is 18.7 Å². The maximum atomic E-state index is 4.35. The van der Waals surface area contributed by atoms with E-state index < -0.39 is 0 Å². The van der Waals surface area contributed by atoms with Crippen LogP contribution in [0.3, 0.4) is 0 Å². The molecule has 0 bridgehead atoms. The van der Waals surface area contributed by atoms with Crippen molar-refractivity contribution in [3.05, 3.63) is 29.1 Å². The third kappa shape index (κ3) is 0.998. The molecular formula is C10H12N2. The molecule has 0 spiro atoms. The number of hydrogen-bond acceptors (Lipinski definition) is 1. The van der Waals surface area contributed by atoms with Crippen LogP contribution in [0.1, 0.15) is 23.4 Å². The molecular weight excluding hydrogens is 148 g/mol. The smallest absolute Gasteiger partial charge is 0.0678 e. The Kier molecular flexibility index (Phi) is 1.61. The summed E-state index contributed by atoms with van der Waals surface area (Å²) in [6.45, 7) is 2.04. The van der Waals surface area contributed by atoms with Crippen LogP contribution < -0.4 is 0 Å². The van der Waals surface area contributed by atoms with Crippen LogP contribution in [0.5, 0.6) is 0 Å². The van der Waals surface area contributed by atoms with Crippen LogP contribution in [0.2, 0.25) is 0 Å². The van der Waals surface area contributed by atoms with Gasteiger partial charge in [0.1, 0.15) is 0 Å². The third-order valence-corrected chi connectivity index (χ3v) is 2.15. The Bertz CT molecular complexity index is 324. The number of allylic oxidation sites excluding steroid dienone is 2. The lowest BCUT2D eigenvalue weighted by Gasteiger charge is -1.93. The van der Waals surface area contributed by atoms with Crippen molar-refractivity contribution in [2.24, 2.45) is 7.05 Å². The van der Waals surface area contributed by atoms with Crippen LogP contribution in [0, 0.1) is 6.92 Å². The second kappa shape index (κ2) is 2.63. The van der Waals surface area contributed by atoms with Crippen LogP contribution in [0.15, 0.2) is 12.2 Å². The molecule has 1 aliphatic rings. The second-order valence-corrected chi connectivity index (χ2v) is 3.05. The van der Waals surface area contributed by atoms with Gasteiger partial charge in [-0.25, -0.2) is 0 Å². The molecule has 0 unspecified atom stereocenters. The van der Waals surface area contributed by atoms with Gasteiger partial charge < -0.3 is 0 Å². The van der Waals surface area contributed by atoms with E-state index in [4.69, 9.17) is 0 Å². The average Bonchev–Trinajstić information content (AvgIpc) is 2.29. The van der Waals surface area contributed by atoms with Gasteiger partial charge in [-0.15, -0.1) is 0 Å². The molecule has 2 nitrogen and oxygen atoms in total. The minimum Gasteiger partial charge on any atom is -0.268 e. The number of aryl methyl sites for hydroxylation is 2. The highest BCUT2D eigenvalue weighted by molar-refractivity contribution is 5.66. The molecule has 1 aromatic heterocycles. The van der Waals surface area contributed by atoms with Crippen LogP contribution >= 0.6 is 0 Å². The molecule has 12 heavy (non-hydrogen) atoms. The fraction of sp³-hybridized carbons (Fsp3) is 0.300. The minimum absolute atomic E-state index is 1.02. The topological polar surface area (TPSA) is 17.8 Å². The second-order valence-electron chi connectivity index (χ2n) is 3.05. The summed E-state index contributed by atoms with van der Waals surface area (Å²) in [5.41, 5.74) is 3.57. The highest BCUT2D eigenvalue weighted by atomic mass is 15.3. The van der Waals surface area contributed by atoms with E-state index >= 15 is 0 Å². The van der Waals surface area contributed by atoms with E-state index in [1.165, 1.54) is 11.3 Å². The summed E-state index contributed by atoms with van der Waals surface area (Å²) < 4.78 is 1.93. The summed E-state index contributed by atoms with van der Waals surface area (Å²) in [6, 6.07) is 0. The lowest BCUT2D eigenvalue weighted by Crippen LogP contribution is -1.92. The molecule has 62 valence electrons. The zero-order valence-electron chi connectivity index (χ0n) is 7.41. The average molecular weight is 160 g/mol. The van der Waals surface area contributed by atoms with Gasteiger partial charge in [0.2, 0.25) is 0 Å². The predicted octanol–water partition coefficient (Wildman–Crippen LogP) is 2.16. The molecule has 1 aliphatic carbocycles. The van der Waals surface area contributed by atoms with Crippen molar-refractivity contribution in [3.8, 4) is 0 Å². The van der Waals surface area contributed by atoms with Gasteiger partial charge in [-0.2, -0.15) is 5.10 Å². The van der Waals surface area contributed by atoms with Gasteiger partial charge in [0.05, 0.1) is 11.4 Å². The molecule has 0 amide bonds. The molecule has 2 rings (SSSR count). The number of hydrogen-bond donors (Lipinski definition) is 0. The van der Waals surface area contributed by atoms with E-state index in [0.29, 0.717) is 0 Å². The van der Waals surface area contributed by atoms with Crippen molar-refractivity contribution < 1.29 is 0 Å². The summed E-state index contributed by atoms with van der Waals surface area (Å²) in [5, 5.41) is 4.35. The maximum absolute atomic E-state index is 4.35. The van der Waals surface area contributed by atoms with Crippen molar-refractivity contribution in [3.63, 3.8) is 0 Å². The zero-order chi connectivity index (χ0) is 8.55. The van der Waals surface area contributed by atoms with E-state index in [0.717, 1.165) is 12.1 Å². The summed E-state index contributed by atoms with van der Waals surface area (Å²) in [5.74, 6) is 0.